The number of nitrogens with one attached hydrogen (secondary N) is 1. The summed E-state index contributed by atoms with van der Waals surface area (Å²) in [5.41, 5.74) is 0. The fourth-order valence-electron chi connectivity index (χ4n) is 2.35. The number of rotatable bonds is 3. The minimum Gasteiger partial charge on any atom is -0.474 e. The van der Waals surface area contributed by atoms with E-state index in [1.165, 1.54) is 0 Å². The van der Waals surface area contributed by atoms with Crippen molar-refractivity contribution in [2.75, 3.05) is 19.7 Å². The molecule has 0 amide bonds. The van der Waals surface area contributed by atoms with Gasteiger partial charge in [0, 0.05) is 24.7 Å². The van der Waals surface area contributed by atoms with Crippen molar-refractivity contribution in [3.8, 4) is 5.88 Å². The molecule has 1 N–H and O–H groups in total. The van der Waals surface area contributed by atoms with Crippen molar-refractivity contribution in [2.24, 2.45) is 0 Å². The molecule has 2 heterocycles. The van der Waals surface area contributed by atoms with E-state index in [9.17, 15) is 0 Å². The van der Waals surface area contributed by atoms with Crippen LogP contribution in [0.2, 0.25) is 0 Å². The molecular weight excluding hydrogens is 240 g/mol. The molecule has 2 unspecified atom stereocenters. The highest BCUT2D eigenvalue weighted by atomic mass is 16.5. The lowest BCUT2D eigenvalue weighted by Gasteiger charge is -2.28. The van der Waals surface area contributed by atoms with E-state index < -0.39 is 0 Å². The summed E-state index contributed by atoms with van der Waals surface area (Å²) in [6.07, 6.45) is 2.10. The highest BCUT2D eigenvalue weighted by molar-refractivity contribution is 5.86. The number of pyridine rings is 1. The summed E-state index contributed by atoms with van der Waals surface area (Å²) >= 11 is 0. The van der Waals surface area contributed by atoms with Crippen molar-refractivity contribution >= 4 is 10.8 Å². The molecule has 19 heavy (non-hydrogen) atoms. The summed E-state index contributed by atoms with van der Waals surface area (Å²) in [4.78, 5) is 4.31. The van der Waals surface area contributed by atoms with E-state index in [-0.39, 0.29) is 12.2 Å². The lowest BCUT2D eigenvalue weighted by atomic mass is 10.2. The van der Waals surface area contributed by atoms with Crippen molar-refractivity contribution in [3.05, 3.63) is 36.5 Å². The van der Waals surface area contributed by atoms with Crippen LogP contribution in [0.3, 0.4) is 0 Å². The van der Waals surface area contributed by atoms with Crippen LogP contribution in [0.5, 0.6) is 5.88 Å². The Kier molecular flexibility index (Phi) is 3.62. The molecule has 4 nitrogen and oxygen atoms in total. The Labute approximate surface area is 112 Å². The number of benzene rings is 1. The third kappa shape index (κ3) is 2.85. The zero-order valence-corrected chi connectivity index (χ0v) is 11.0. The summed E-state index contributed by atoms with van der Waals surface area (Å²) < 4.78 is 11.6. The van der Waals surface area contributed by atoms with Crippen molar-refractivity contribution in [1.82, 2.24) is 10.3 Å². The summed E-state index contributed by atoms with van der Waals surface area (Å²) in [6, 6.07) is 10.1. The largest absolute Gasteiger partial charge is 0.474 e. The van der Waals surface area contributed by atoms with Crippen LogP contribution in [0.15, 0.2) is 36.5 Å². The Bertz CT molecular complexity index is 553. The summed E-state index contributed by atoms with van der Waals surface area (Å²) in [6.45, 7) is 4.33. The molecule has 0 saturated carbocycles. The van der Waals surface area contributed by atoms with Crippen LogP contribution in [-0.2, 0) is 4.74 Å². The fourth-order valence-corrected chi connectivity index (χ4v) is 2.35. The number of hydrogen-bond acceptors (Lipinski definition) is 4. The molecule has 3 rings (SSSR count). The predicted molar refractivity (Wildman–Crippen MR) is 74.4 cm³/mol. The highest BCUT2D eigenvalue weighted by Crippen LogP contribution is 2.22. The van der Waals surface area contributed by atoms with Gasteiger partial charge in [-0.15, -0.1) is 0 Å². The molecule has 1 aromatic heterocycles. The fraction of sp³-hybridized carbons (Fsp3) is 0.400. The second-order valence-electron chi connectivity index (χ2n) is 4.88. The predicted octanol–water partition coefficient (Wildman–Crippen LogP) is 1.99. The molecule has 1 saturated heterocycles. The minimum absolute atomic E-state index is 0.0875. The zero-order chi connectivity index (χ0) is 13.1. The zero-order valence-electron chi connectivity index (χ0n) is 11.0. The van der Waals surface area contributed by atoms with Crippen molar-refractivity contribution in [2.45, 2.75) is 19.1 Å². The smallest absolute Gasteiger partial charge is 0.221 e. The number of ether oxygens (including phenoxy) is 2. The molecule has 0 radical (unpaired) electrons. The standard InChI is InChI=1S/C15H18N2O2/c1-11-8-16-9-13(19-11)10-18-15-14-5-3-2-4-12(14)6-7-17-15/h2-7,11,13,16H,8-10H2,1H3. The SMILES string of the molecule is CC1CNCC(COc2nccc3ccccc23)O1. The number of morpholine rings is 1. The lowest BCUT2D eigenvalue weighted by Crippen LogP contribution is -2.45. The first-order valence-corrected chi connectivity index (χ1v) is 6.65. The Morgan fingerprint density at radius 1 is 1.32 bits per heavy atom. The molecule has 4 heteroatoms. The summed E-state index contributed by atoms with van der Waals surface area (Å²) in [7, 11) is 0. The van der Waals surface area contributed by atoms with E-state index in [1.807, 2.05) is 24.3 Å². The van der Waals surface area contributed by atoms with Crippen LogP contribution in [0.25, 0.3) is 10.8 Å². The third-order valence-corrected chi connectivity index (χ3v) is 3.27. The first kappa shape index (κ1) is 12.4. The second-order valence-corrected chi connectivity index (χ2v) is 4.88. The van der Waals surface area contributed by atoms with Crippen LogP contribution in [0, 0.1) is 0 Å². The van der Waals surface area contributed by atoms with Gasteiger partial charge in [0.1, 0.15) is 12.7 Å². The van der Waals surface area contributed by atoms with Crippen molar-refractivity contribution in [1.29, 1.82) is 0 Å². The maximum absolute atomic E-state index is 5.83. The minimum atomic E-state index is 0.0875. The molecular formula is C15H18N2O2. The van der Waals surface area contributed by atoms with Gasteiger partial charge in [-0.05, 0) is 24.4 Å². The molecule has 0 spiro atoms. The topological polar surface area (TPSA) is 43.4 Å². The van der Waals surface area contributed by atoms with Gasteiger partial charge < -0.3 is 14.8 Å². The van der Waals surface area contributed by atoms with Crippen LogP contribution in [0.1, 0.15) is 6.92 Å². The molecule has 1 aromatic carbocycles. The maximum atomic E-state index is 5.83. The van der Waals surface area contributed by atoms with Gasteiger partial charge in [-0.1, -0.05) is 18.2 Å². The van der Waals surface area contributed by atoms with Crippen molar-refractivity contribution < 1.29 is 9.47 Å². The van der Waals surface area contributed by atoms with Crippen LogP contribution in [-0.4, -0.2) is 36.9 Å². The van der Waals surface area contributed by atoms with Crippen LogP contribution >= 0.6 is 0 Å². The number of nitrogens with zero attached hydrogens (tertiary/aromatic N) is 1. The first-order chi connectivity index (χ1) is 9.33. The summed E-state index contributed by atoms with van der Waals surface area (Å²) in [5.74, 6) is 0.680. The molecule has 1 aliphatic rings. The van der Waals surface area contributed by atoms with Gasteiger partial charge in [0.25, 0.3) is 0 Å². The number of hydrogen-bond donors (Lipinski definition) is 1. The molecule has 0 aliphatic carbocycles. The van der Waals surface area contributed by atoms with E-state index in [0.29, 0.717) is 12.5 Å². The van der Waals surface area contributed by atoms with Gasteiger partial charge in [0.15, 0.2) is 0 Å². The van der Waals surface area contributed by atoms with Crippen molar-refractivity contribution in [3.63, 3.8) is 0 Å². The second kappa shape index (κ2) is 5.55. The molecule has 2 atom stereocenters. The van der Waals surface area contributed by atoms with Gasteiger partial charge >= 0.3 is 0 Å². The number of aromatic nitrogens is 1. The van der Waals surface area contributed by atoms with E-state index in [0.717, 1.165) is 23.9 Å². The molecule has 1 aliphatic heterocycles. The first-order valence-electron chi connectivity index (χ1n) is 6.65. The van der Waals surface area contributed by atoms with Gasteiger partial charge in [0.2, 0.25) is 5.88 Å². The Morgan fingerprint density at radius 3 is 3.11 bits per heavy atom. The van der Waals surface area contributed by atoms with Gasteiger partial charge in [0.05, 0.1) is 6.10 Å². The van der Waals surface area contributed by atoms with E-state index in [1.54, 1.807) is 6.20 Å². The highest BCUT2D eigenvalue weighted by Gasteiger charge is 2.19. The summed E-state index contributed by atoms with van der Waals surface area (Å²) in [5, 5.41) is 5.52. The average molecular weight is 258 g/mol. The molecule has 2 aromatic rings. The van der Waals surface area contributed by atoms with Gasteiger partial charge in [-0.3, -0.25) is 0 Å². The molecule has 0 bridgehead atoms. The van der Waals surface area contributed by atoms with E-state index >= 15 is 0 Å². The monoisotopic (exact) mass is 258 g/mol. The Morgan fingerprint density at radius 2 is 2.21 bits per heavy atom. The van der Waals surface area contributed by atoms with Gasteiger partial charge in [-0.2, -0.15) is 0 Å². The third-order valence-electron chi connectivity index (χ3n) is 3.27. The lowest BCUT2D eigenvalue weighted by molar-refractivity contribution is -0.0474. The number of fused-ring (bicyclic) bond motifs is 1. The van der Waals surface area contributed by atoms with Crippen LogP contribution < -0.4 is 10.1 Å². The normalized spacial score (nSPS) is 23.4. The van der Waals surface area contributed by atoms with Gasteiger partial charge in [-0.25, -0.2) is 4.98 Å². The quantitative estimate of drug-likeness (QED) is 0.914. The average Bonchev–Trinajstić information content (AvgIpc) is 2.45. The van der Waals surface area contributed by atoms with E-state index in [4.69, 9.17) is 9.47 Å². The molecule has 100 valence electrons. The maximum Gasteiger partial charge on any atom is 0.221 e. The Balaban J connectivity index is 1.71. The molecule has 1 fully saturated rings. The van der Waals surface area contributed by atoms with Crippen LogP contribution in [0.4, 0.5) is 0 Å². The van der Waals surface area contributed by atoms with E-state index in [2.05, 4.69) is 23.3 Å². The Hall–Kier alpha value is -1.65.